The van der Waals surface area contributed by atoms with Crippen LogP contribution in [0.5, 0.6) is 0 Å². The summed E-state index contributed by atoms with van der Waals surface area (Å²) in [7, 11) is 0. The standard InChI is InChI=1S/C21H26O2/c1-2-3-4-5-7-13-8-6-9-16-17(13)21(23)19-15-11-10-14(12-15)18(19)20(16)22/h6,8-9,14-15,18-19H,2-5,7,10-12H2,1H3. The van der Waals surface area contributed by atoms with E-state index in [9.17, 15) is 9.59 Å². The van der Waals surface area contributed by atoms with Crippen LogP contribution in [0.1, 0.15) is 78.1 Å². The number of ketones is 2. The zero-order valence-corrected chi connectivity index (χ0v) is 14.0. The molecule has 1 aromatic carbocycles. The lowest BCUT2D eigenvalue weighted by atomic mass is 9.66. The molecule has 2 bridgehead atoms. The summed E-state index contributed by atoms with van der Waals surface area (Å²) in [5, 5.41) is 0. The van der Waals surface area contributed by atoms with Gasteiger partial charge in [0.25, 0.3) is 0 Å². The lowest BCUT2D eigenvalue weighted by molar-refractivity contribution is 0.0660. The third-order valence-corrected chi connectivity index (χ3v) is 6.48. The highest BCUT2D eigenvalue weighted by atomic mass is 16.1. The first-order valence-corrected chi connectivity index (χ1v) is 9.42. The van der Waals surface area contributed by atoms with E-state index < -0.39 is 0 Å². The van der Waals surface area contributed by atoms with Gasteiger partial charge in [-0.25, -0.2) is 0 Å². The normalized spacial score (nSPS) is 31.3. The van der Waals surface area contributed by atoms with E-state index in [1.807, 2.05) is 12.1 Å². The Kier molecular flexibility index (Phi) is 3.87. The number of rotatable bonds is 5. The summed E-state index contributed by atoms with van der Waals surface area (Å²) in [5.41, 5.74) is 2.65. The number of aryl methyl sites for hydroxylation is 1. The molecule has 2 saturated carbocycles. The smallest absolute Gasteiger partial charge is 0.167 e. The van der Waals surface area contributed by atoms with E-state index in [0.29, 0.717) is 17.6 Å². The summed E-state index contributed by atoms with van der Waals surface area (Å²) < 4.78 is 0. The first-order valence-electron chi connectivity index (χ1n) is 9.42. The monoisotopic (exact) mass is 310 g/mol. The Balaban J connectivity index is 1.66. The number of hydrogen-bond acceptors (Lipinski definition) is 2. The topological polar surface area (TPSA) is 34.1 Å². The molecule has 4 rings (SSSR count). The summed E-state index contributed by atoms with van der Waals surface area (Å²) in [4.78, 5) is 26.2. The maximum absolute atomic E-state index is 13.2. The van der Waals surface area contributed by atoms with Gasteiger partial charge in [-0.1, -0.05) is 44.4 Å². The van der Waals surface area contributed by atoms with Crippen molar-refractivity contribution in [2.45, 2.75) is 58.3 Å². The fourth-order valence-corrected chi connectivity index (χ4v) is 5.44. The van der Waals surface area contributed by atoms with E-state index in [1.165, 1.54) is 19.3 Å². The van der Waals surface area contributed by atoms with Gasteiger partial charge in [0.15, 0.2) is 11.6 Å². The van der Waals surface area contributed by atoms with Crippen LogP contribution in [-0.2, 0) is 6.42 Å². The number of carbonyl (C=O) groups excluding carboxylic acids is 2. The molecule has 2 nitrogen and oxygen atoms in total. The van der Waals surface area contributed by atoms with Gasteiger partial charge in [0.1, 0.15) is 0 Å². The molecule has 1 aromatic rings. The van der Waals surface area contributed by atoms with Crippen LogP contribution in [0.3, 0.4) is 0 Å². The van der Waals surface area contributed by atoms with Crippen molar-refractivity contribution in [1.82, 2.24) is 0 Å². The predicted octanol–water partition coefficient (Wildman–Crippen LogP) is 4.85. The maximum Gasteiger partial charge on any atom is 0.167 e. The van der Waals surface area contributed by atoms with Gasteiger partial charge in [-0.05, 0) is 49.5 Å². The average molecular weight is 310 g/mol. The molecule has 3 aliphatic carbocycles. The van der Waals surface area contributed by atoms with E-state index in [-0.39, 0.29) is 17.6 Å². The minimum atomic E-state index is 0.00379. The van der Waals surface area contributed by atoms with E-state index in [4.69, 9.17) is 0 Å². The van der Waals surface area contributed by atoms with Crippen LogP contribution in [0.15, 0.2) is 18.2 Å². The Bertz CT molecular complexity index is 645. The van der Waals surface area contributed by atoms with Gasteiger partial charge in [-0.2, -0.15) is 0 Å². The Morgan fingerprint density at radius 3 is 2.43 bits per heavy atom. The maximum atomic E-state index is 13.2. The summed E-state index contributed by atoms with van der Waals surface area (Å²) in [6, 6.07) is 5.95. The number of carbonyl (C=O) groups is 2. The van der Waals surface area contributed by atoms with Crippen LogP contribution in [0, 0.1) is 23.7 Å². The summed E-state index contributed by atoms with van der Waals surface area (Å²) in [5.74, 6) is 1.52. The van der Waals surface area contributed by atoms with Gasteiger partial charge >= 0.3 is 0 Å². The fraction of sp³-hybridized carbons (Fsp3) is 0.619. The number of fused-ring (bicyclic) bond motifs is 6. The quantitative estimate of drug-likeness (QED) is 0.728. The van der Waals surface area contributed by atoms with Gasteiger partial charge in [0, 0.05) is 23.0 Å². The minimum Gasteiger partial charge on any atom is -0.294 e. The van der Waals surface area contributed by atoms with Crippen LogP contribution in [0.2, 0.25) is 0 Å². The molecule has 4 atom stereocenters. The van der Waals surface area contributed by atoms with Crippen LogP contribution in [-0.4, -0.2) is 11.6 Å². The number of Topliss-reactive ketones (excluding diaryl/α,β-unsaturated/α-hetero) is 2. The van der Waals surface area contributed by atoms with Crippen LogP contribution >= 0.6 is 0 Å². The highest BCUT2D eigenvalue weighted by molar-refractivity contribution is 6.17. The van der Waals surface area contributed by atoms with Crippen molar-refractivity contribution in [2.75, 3.05) is 0 Å². The SMILES string of the molecule is CCCCCCc1cccc2c1C(=O)C1C3CCC(C3)C1C2=O. The van der Waals surface area contributed by atoms with E-state index >= 15 is 0 Å². The van der Waals surface area contributed by atoms with Crippen molar-refractivity contribution < 1.29 is 9.59 Å². The molecule has 2 fully saturated rings. The molecular weight excluding hydrogens is 284 g/mol. The molecule has 0 aliphatic heterocycles. The molecule has 0 aromatic heterocycles. The number of unbranched alkanes of at least 4 members (excludes halogenated alkanes) is 3. The number of hydrogen-bond donors (Lipinski definition) is 0. The van der Waals surface area contributed by atoms with Crippen molar-refractivity contribution in [3.63, 3.8) is 0 Å². The Hall–Kier alpha value is -1.44. The molecular formula is C21H26O2. The largest absolute Gasteiger partial charge is 0.294 e. The molecule has 0 spiro atoms. The fourth-order valence-electron chi connectivity index (χ4n) is 5.44. The van der Waals surface area contributed by atoms with Crippen molar-refractivity contribution in [2.24, 2.45) is 23.7 Å². The summed E-state index contributed by atoms with van der Waals surface area (Å²) in [6.07, 6.45) is 9.13. The second kappa shape index (κ2) is 5.89. The molecule has 0 heterocycles. The molecule has 0 amide bonds. The second-order valence-corrected chi connectivity index (χ2v) is 7.76. The molecule has 4 unspecified atom stereocenters. The lowest BCUT2D eigenvalue weighted by Crippen LogP contribution is -2.40. The molecule has 0 N–H and O–H groups in total. The predicted molar refractivity (Wildman–Crippen MR) is 90.8 cm³/mol. The van der Waals surface area contributed by atoms with E-state index in [1.54, 1.807) is 0 Å². The first-order chi connectivity index (χ1) is 11.2. The van der Waals surface area contributed by atoms with Gasteiger partial charge in [0.2, 0.25) is 0 Å². The summed E-state index contributed by atoms with van der Waals surface area (Å²) in [6.45, 7) is 2.21. The average Bonchev–Trinajstić information content (AvgIpc) is 3.18. The Morgan fingerprint density at radius 2 is 1.70 bits per heavy atom. The number of benzene rings is 1. The van der Waals surface area contributed by atoms with Crippen LogP contribution < -0.4 is 0 Å². The molecule has 23 heavy (non-hydrogen) atoms. The second-order valence-electron chi connectivity index (χ2n) is 7.76. The molecule has 3 aliphatic rings. The van der Waals surface area contributed by atoms with Gasteiger partial charge in [-0.3, -0.25) is 9.59 Å². The first kappa shape index (κ1) is 15.1. The molecule has 122 valence electrons. The minimum absolute atomic E-state index is 0.00379. The molecule has 0 radical (unpaired) electrons. The van der Waals surface area contributed by atoms with Crippen molar-refractivity contribution in [1.29, 1.82) is 0 Å². The van der Waals surface area contributed by atoms with Crippen molar-refractivity contribution >= 4 is 11.6 Å². The van der Waals surface area contributed by atoms with Crippen molar-refractivity contribution in [3.8, 4) is 0 Å². The van der Waals surface area contributed by atoms with E-state index in [0.717, 1.165) is 48.8 Å². The van der Waals surface area contributed by atoms with E-state index in [2.05, 4.69) is 13.0 Å². The highest BCUT2D eigenvalue weighted by Gasteiger charge is 2.56. The highest BCUT2D eigenvalue weighted by Crippen LogP contribution is 2.56. The molecule has 0 saturated heterocycles. The Labute approximate surface area is 138 Å². The zero-order chi connectivity index (χ0) is 16.0. The van der Waals surface area contributed by atoms with Crippen LogP contribution in [0.4, 0.5) is 0 Å². The molecule has 2 heteroatoms. The third kappa shape index (κ3) is 2.29. The van der Waals surface area contributed by atoms with Crippen LogP contribution in [0.25, 0.3) is 0 Å². The Morgan fingerprint density at radius 1 is 0.957 bits per heavy atom. The van der Waals surface area contributed by atoms with Gasteiger partial charge < -0.3 is 0 Å². The van der Waals surface area contributed by atoms with Crippen molar-refractivity contribution in [3.05, 3.63) is 34.9 Å². The summed E-state index contributed by atoms with van der Waals surface area (Å²) >= 11 is 0. The van der Waals surface area contributed by atoms with Gasteiger partial charge in [-0.15, -0.1) is 0 Å². The zero-order valence-electron chi connectivity index (χ0n) is 14.0. The lowest BCUT2D eigenvalue weighted by Gasteiger charge is -2.34. The third-order valence-electron chi connectivity index (χ3n) is 6.48. The van der Waals surface area contributed by atoms with Gasteiger partial charge in [0.05, 0.1) is 0 Å².